The first-order chi connectivity index (χ1) is 11.0. The number of benzene rings is 2. The second-order valence-electron chi connectivity index (χ2n) is 5.18. The van der Waals surface area contributed by atoms with Crippen LogP contribution in [0.2, 0.25) is 0 Å². The van der Waals surface area contributed by atoms with E-state index in [4.69, 9.17) is 0 Å². The molecule has 0 saturated carbocycles. The molecule has 0 aliphatic carbocycles. The fraction of sp³-hybridized carbons (Fsp3) is 0.235. The van der Waals surface area contributed by atoms with Gasteiger partial charge in [0.25, 0.3) is 0 Å². The van der Waals surface area contributed by atoms with Gasteiger partial charge < -0.3 is 10.6 Å². The molecule has 0 fully saturated rings. The van der Waals surface area contributed by atoms with Crippen molar-refractivity contribution in [3.63, 3.8) is 0 Å². The standard InChI is InChI=1S/C17H19FN2O2S/c1-12-10-14(18)7-6-13(12)8-9-19-17(21)20-15-4-3-5-16(11-15)23(2)22/h3-7,10-11H,8-9H2,1-2H3,(H2,19,20,21). The summed E-state index contributed by atoms with van der Waals surface area (Å²) >= 11 is 0. The molecule has 0 aliphatic heterocycles. The van der Waals surface area contributed by atoms with Gasteiger partial charge in [0, 0.05) is 34.2 Å². The van der Waals surface area contributed by atoms with E-state index in [0.29, 0.717) is 23.5 Å². The van der Waals surface area contributed by atoms with Crippen molar-refractivity contribution in [2.75, 3.05) is 18.1 Å². The van der Waals surface area contributed by atoms with Crippen molar-refractivity contribution in [2.24, 2.45) is 0 Å². The molecule has 23 heavy (non-hydrogen) atoms. The maximum atomic E-state index is 13.0. The molecule has 1 atom stereocenters. The Hall–Kier alpha value is -2.21. The number of amides is 2. The van der Waals surface area contributed by atoms with Crippen LogP contribution in [0.3, 0.4) is 0 Å². The minimum atomic E-state index is -1.09. The second kappa shape index (κ2) is 7.87. The number of carbonyl (C=O) groups is 1. The molecule has 4 nitrogen and oxygen atoms in total. The van der Waals surface area contributed by atoms with Gasteiger partial charge in [0.2, 0.25) is 0 Å². The van der Waals surface area contributed by atoms with Gasteiger partial charge in [0.05, 0.1) is 0 Å². The molecule has 2 aromatic carbocycles. The Labute approximate surface area is 137 Å². The van der Waals surface area contributed by atoms with Crippen LogP contribution in [-0.4, -0.2) is 23.0 Å². The summed E-state index contributed by atoms with van der Waals surface area (Å²) in [6.45, 7) is 2.28. The van der Waals surface area contributed by atoms with Gasteiger partial charge in [-0.1, -0.05) is 12.1 Å². The van der Waals surface area contributed by atoms with E-state index in [0.717, 1.165) is 11.1 Å². The van der Waals surface area contributed by atoms with Crippen molar-refractivity contribution < 1.29 is 13.4 Å². The number of rotatable bonds is 5. The van der Waals surface area contributed by atoms with Gasteiger partial charge in [-0.15, -0.1) is 0 Å². The fourth-order valence-corrected chi connectivity index (χ4v) is 2.74. The number of carbonyl (C=O) groups excluding carboxylic acids is 1. The molecule has 0 saturated heterocycles. The molecule has 2 aromatic rings. The molecule has 0 aromatic heterocycles. The molecule has 0 heterocycles. The van der Waals surface area contributed by atoms with Crippen molar-refractivity contribution in [3.8, 4) is 0 Å². The van der Waals surface area contributed by atoms with E-state index in [-0.39, 0.29) is 11.8 Å². The minimum absolute atomic E-state index is 0.259. The highest BCUT2D eigenvalue weighted by molar-refractivity contribution is 7.84. The number of nitrogens with one attached hydrogen (secondary N) is 2. The molecule has 2 N–H and O–H groups in total. The highest BCUT2D eigenvalue weighted by Crippen LogP contribution is 2.13. The lowest BCUT2D eigenvalue weighted by molar-refractivity contribution is 0.252. The average molecular weight is 334 g/mol. The Morgan fingerprint density at radius 1 is 1.22 bits per heavy atom. The molecule has 0 aliphatic rings. The van der Waals surface area contributed by atoms with Crippen molar-refractivity contribution in [2.45, 2.75) is 18.2 Å². The maximum absolute atomic E-state index is 13.0. The van der Waals surface area contributed by atoms with Crippen LogP contribution in [-0.2, 0) is 17.2 Å². The largest absolute Gasteiger partial charge is 0.338 e. The zero-order chi connectivity index (χ0) is 16.8. The number of anilines is 1. The fourth-order valence-electron chi connectivity index (χ4n) is 2.18. The first-order valence-corrected chi connectivity index (χ1v) is 8.75. The van der Waals surface area contributed by atoms with Gasteiger partial charge in [0.1, 0.15) is 5.82 Å². The molecule has 122 valence electrons. The molecule has 2 rings (SSSR count). The van der Waals surface area contributed by atoms with Crippen molar-refractivity contribution in [1.82, 2.24) is 5.32 Å². The summed E-state index contributed by atoms with van der Waals surface area (Å²) in [4.78, 5) is 12.5. The molecular weight excluding hydrogens is 315 g/mol. The molecule has 0 radical (unpaired) electrons. The summed E-state index contributed by atoms with van der Waals surface area (Å²) in [6.07, 6.45) is 2.21. The van der Waals surface area contributed by atoms with Crippen LogP contribution in [0.4, 0.5) is 14.9 Å². The molecule has 6 heteroatoms. The topological polar surface area (TPSA) is 58.2 Å². The molecule has 2 amide bonds. The predicted molar refractivity (Wildman–Crippen MR) is 90.6 cm³/mol. The third kappa shape index (κ3) is 5.17. The zero-order valence-corrected chi connectivity index (χ0v) is 13.9. The number of halogens is 1. The van der Waals surface area contributed by atoms with Gasteiger partial charge in [-0.25, -0.2) is 9.18 Å². The van der Waals surface area contributed by atoms with Crippen molar-refractivity contribution in [1.29, 1.82) is 0 Å². The van der Waals surface area contributed by atoms with E-state index < -0.39 is 10.8 Å². The highest BCUT2D eigenvalue weighted by atomic mass is 32.2. The van der Waals surface area contributed by atoms with E-state index in [2.05, 4.69) is 10.6 Å². The van der Waals surface area contributed by atoms with Crippen LogP contribution in [0.1, 0.15) is 11.1 Å². The third-order valence-corrected chi connectivity index (χ3v) is 4.33. The lowest BCUT2D eigenvalue weighted by atomic mass is 10.1. The van der Waals surface area contributed by atoms with Crippen molar-refractivity contribution >= 4 is 22.5 Å². The average Bonchev–Trinajstić information content (AvgIpc) is 2.49. The smallest absolute Gasteiger partial charge is 0.319 e. The quantitative estimate of drug-likeness (QED) is 0.882. The molecule has 0 bridgehead atoms. The lowest BCUT2D eigenvalue weighted by Crippen LogP contribution is -2.30. The first kappa shape index (κ1) is 17.1. The van der Waals surface area contributed by atoms with E-state index in [1.807, 2.05) is 6.92 Å². The third-order valence-electron chi connectivity index (χ3n) is 3.41. The molecule has 1 unspecified atom stereocenters. The predicted octanol–water partition coefficient (Wildman–Crippen LogP) is 3.24. The summed E-state index contributed by atoms with van der Waals surface area (Å²) < 4.78 is 24.5. The normalized spacial score (nSPS) is 11.8. The van der Waals surface area contributed by atoms with E-state index in [1.54, 1.807) is 36.6 Å². The van der Waals surface area contributed by atoms with Crippen LogP contribution >= 0.6 is 0 Å². The Bertz CT molecular complexity index is 734. The lowest BCUT2D eigenvalue weighted by Gasteiger charge is -2.10. The summed E-state index contributed by atoms with van der Waals surface area (Å²) in [5.74, 6) is -0.259. The summed E-state index contributed by atoms with van der Waals surface area (Å²) in [7, 11) is -1.09. The van der Waals surface area contributed by atoms with Gasteiger partial charge in [-0.2, -0.15) is 0 Å². The Balaban J connectivity index is 1.85. The Morgan fingerprint density at radius 3 is 2.70 bits per heavy atom. The Morgan fingerprint density at radius 2 is 2.00 bits per heavy atom. The van der Waals surface area contributed by atoms with Crippen molar-refractivity contribution in [3.05, 3.63) is 59.4 Å². The van der Waals surface area contributed by atoms with Crippen LogP contribution in [0.5, 0.6) is 0 Å². The summed E-state index contributed by atoms with van der Waals surface area (Å²) in [5, 5.41) is 5.45. The van der Waals surface area contributed by atoms with Gasteiger partial charge in [0.15, 0.2) is 0 Å². The number of urea groups is 1. The molecule has 0 spiro atoms. The SMILES string of the molecule is Cc1cc(F)ccc1CCNC(=O)Nc1cccc(S(C)=O)c1. The number of hydrogen-bond donors (Lipinski definition) is 2. The first-order valence-electron chi connectivity index (χ1n) is 7.19. The maximum Gasteiger partial charge on any atom is 0.319 e. The van der Waals surface area contributed by atoms with E-state index >= 15 is 0 Å². The monoisotopic (exact) mass is 334 g/mol. The zero-order valence-electron chi connectivity index (χ0n) is 13.1. The minimum Gasteiger partial charge on any atom is -0.338 e. The Kier molecular flexibility index (Phi) is 5.87. The second-order valence-corrected chi connectivity index (χ2v) is 6.56. The van der Waals surface area contributed by atoms with E-state index in [1.165, 1.54) is 12.1 Å². The van der Waals surface area contributed by atoms with Gasteiger partial charge >= 0.3 is 6.03 Å². The summed E-state index contributed by atoms with van der Waals surface area (Å²) in [5.41, 5.74) is 2.45. The van der Waals surface area contributed by atoms with Gasteiger partial charge in [-0.05, 0) is 54.8 Å². The van der Waals surface area contributed by atoms with Crippen LogP contribution in [0.15, 0.2) is 47.4 Å². The van der Waals surface area contributed by atoms with E-state index in [9.17, 15) is 13.4 Å². The highest BCUT2D eigenvalue weighted by Gasteiger charge is 2.05. The van der Waals surface area contributed by atoms with Gasteiger partial charge in [-0.3, -0.25) is 4.21 Å². The van der Waals surface area contributed by atoms with Crippen LogP contribution in [0.25, 0.3) is 0 Å². The number of hydrogen-bond acceptors (Lipinski definition) is 2. The van der Waals surface area contributed by atoms with Crippen LogP contribution < -0.4 is 10.6 Å². The van der Waals surface area contributed by atoms with Crippen LogP contribution in [0, 0.1) is 12.7 Å². The molecular formula is C17H19FN2O2S. The number of aryl methyl sites for hydroxylation is 1. The summed E-state index contributed by atoms with van der Waals surface area (Å²) in [6, 6.07) is 11.2.